The highest BCUT2D eigenvalue weighted by Gasteiger charge is 2.17. The summed E-state index contributed by atoms with van der Waals surface area (Å²) in [7, 11) is -3.91. The minimum atomic E-state index is -3.91. The van der Waals surface area contributed by atoms with E-state index in [9.17, 15) is 13.2 Å². The molecule has 4 nitrogen and oxygen atoms in total. The smallest absolute Gasteiger partial charge is 0.291 e. The fourth-order valence-corrected chi connectivity index (χ4v) is 2.67. The Morgan fingerprint density at radius 1 is 1.00 bits per heavy atom. The molecular weight excluding hydrogens is 288 g/mol. The molecule has 0 radical (unpaired) electrons. The third-order valence-corrected chi connectivity index (χ3v) is 4.27. The van der Waals surface area contributed by atoms with Crippen molar-refractivity contribution in [2.45, 2.75) is 18.7 Å². The summed E-state index contributed by atoms with van der Waals surface area (Å²) in [6, 6.07) is 13.2. The summed E-state index contributed by atoms with van der Waals surface area (Å²) in [5.41, 5.74) is 2.32. The predicted octanol–water partition coefficient (Wildman–Crippen LogP) is 2.89. The highest BCUT2D eigenvalue weighted by Crippen LogP contribution is 2.14. The monoisotopic (exact) mass is 304 g/mol. The van der Waals surface area contributed by atoms with Crippen LogP contribution >= 0.6 is 0 Å². The molecule has 0 bridgehead atoms. The van der Waals surface area contributed by atoms with E-state index in [1.807, 2.05) is 19.9 Å². The lowest BCUT2D eigenvalue weighted by molar-refractivity contribution is 0.0924. The first kappa shape index (κ1) is 15.4. The summed E-state index contributed by atoms with van der Waals surface area (Å²) < 4.78 is 28.8. The second kappa shape index (κ2) is 6.20. The van der Waals surface area contributed by atoms with Gasteiger partial charge in [-0.2, -0.15) is 8.42 Å². The van der Waals surface area contributed by atoms with Crippen LogP contribution in [0, 0.1) is 13.8 Å². The van der Waals surface area contributed by atoms with Crippen molar-refractivity contribution in [1.82, 2.24) is 0 Å². The Morgan fingerprint density at radius 3 is 2.29 bits per heavy atom. The van der Waals surface area contributed by atoms with E-state index in [0.717, 1.165) is 11.1 Å². The first-order valence-electron chi connectivity index (χ1n) is 6.44. The highest BCUT2D eigenvalue weighted by atomic mass is 32.2. The van der Waals surface area contributed by atoms with Crippen molar-refractivity contribution in [2.75, 3.05) is 6.61 Å². The SMILES string of the molecule is Cc1ccc(S(=O)(=O)OCC(=O)c2cccc(C)c2)cc1. The van der Waals surface area contributed by atoms with E-state index in [1.165, 1.54) is 12.1 Å². The molecule has 21 heavy (non-hydrogen) atoms. The van der Waals surface area contributed by atoms with Crippen molar-refractivity contribution >= 4 is 15.9 Å². The van der Waals surface area contributed by atoms with Crippen molar-refractivity contribution in [3.63, 3.8) is 0 Å². The van der Waals surface area contributed by atoms with Crippen LogP contribution in [-0.2, 0) is 14.3 Å². The number of Topliss-reactive ketones (excluding diaryl/α,β-unsaturated/α-hetero) is 1. The van der Waals surface area contributed by atoms with E-state index >= 15 is 0 Å². The van der Waals surface area contributed by atoms with E-state index < -0.39 is 16.7 Å². The van der Waals surface area contributed by atoms with Crippen molar-refractivity contribution < 1.29 is 17.4 Å². The fourth-order valence-electron chi connectivity index (χ4n) is 1.81. The molecule has 0 aliphatic rings. The van der Waals surface area contributed by atoms with Gasteiger partial charge in [-0.15, -0.1) is 0 Å². The van der Waals surface area contributed by atoms with Crippen LogP contribution in [-0.4, -0.2) is 20.8 Å². The third kappa shape index (κ3) is 4.00. The quantitative estimate of drug-likeness (QED) is 0.629. The number of hydrogen-bond acceptors (Lipinski definition) is 4. The number of benzene rings is 2. The number of rotatable bonds is 5. The zero-order chi connectivity index (χ0) is 15.5. The second-order valence-corrected chi connectivity index (χ2v) is 6.44. The lowest BCUT2D eigenvalue weighted by atomic mass is 10.1. The third-order valence-electron chi connectivity index (χ3n) is 2.99. The second-order valence-electron chi connectivity index (χ2n) is 4.82. The molecule has 0 heterocycles. The molecule has 0 fully saturated rings. The first-order valence-corrected chi connectivity index (χ1v) is 7.85. The van der Waals surface area contributed by atoms with E-state index in [4.69, 9.17) is 4.18 Å². The minimum absolute atomic E-state index is 0.0464. The van der Waals surface area contributed by atoms with Crippen molar-refractivity contribution in [2.24, 2.45) is 0 Å². The Hall–Kier alpha value is -1.98. The summed E-state index contributed by atoms with van der Waals surface area (Å²) in [5, 5.41) is 0. The Labute approximate surface area is 124 Å². The number of hydrogen-bond donors (Lipinski definition) is 0. The summed E-state index contributed by atoms with van der Waals surface area (Å²) in [5.74, 6) is -0.366. The maximum atomic E-state index is 12.0. The van der Waals surface area contributed by atoms with Gasteiger partial charge in [0, 0.05) is 5.56 Å². The number of carbonyl (C=O) groups is 1. The predicted molar refractivity (Wildman–Crippen MR) is 79.8 cm³/mol. The maximum Gasteiger partial charge on any atom is 0.297 e. The van der Waals surface area contributed by atoms with Gasteiger partial charge in [0.1, 0.15) is 6.61 Å². The van der Waals surface area contributed by atoms with Gasteiger partial charge in [-0.25, -0.2) is 0 Å². The Kier molecular flexibility index (Phi) is 4.55. The zero-order valence-corrected chi connectivity index (χ0v) is 12.7. The molecule has 0 saturated carbocycles. The van der Waals surface area contributed by atoms with Crippen molar-refractivity contribution in [3.8, 4) is 0 Å². The number of aryl methyl sites for hydroxylation is 2. The normalized spacial score (nSPS) is 11.3. The molecule has 0 amide bonds. The Bertz CT molecular complexity index is 746. The highest BCUT2D eigenvalue weighted by molar-refractivity contribution is 7.86. The van der Waals surface area contributed by atoms with Crippen LogP contribution in [0.25, 0.3) is 0 Å². The van der Waals surface area contributed by atoms with Gasteiger partial charge in [-0.3, -0.25) is 8.98 Å². The molecule has 0 spiro atoms. The lowest BCUT2D eigenvalue weighted by Gasteiger charge is -2.06. The summed E-state index contributed by atoms with van der Waals surface area (Å²) in [6.07, 6.45) is 0. The molecular formula is C16H16O4S. The van der Waals surface area contributed by atoms with E-state index in [1.54, 1.807) is 30.3 Å². The minimum Gasteiger partial charge on any atom is -0.291 e. The summed E-state index contributed by atoms with van der Waals surface area (Å²) in [4.78, 5) is 12.0. The number of carbonyl (C=O) groups excluding carboxylic acids is 1. The molecule has 0 aliphatic carbocycles. The largest absolute Gasteiger partial charge is 0.297 e. The molecule has 110 valence electrons. The van der Waals surface area contributed by atoms with Crippen LogP contribution in [0.1, 0.15) is 21.5 Å². The molecule has 0 atom stereocenters. The van der Waals surface area contributed by atoms with Crippen molar-refractivity contribution in [3.05, 3.63) is 65.2 Å². The van der Waals surface area contributed by atoms with Crippen LogP contribution in [0.15, 0.2) is 53.4 Å². The molecule has 0 saturated heterocycles. The standard InChI is InChI=1S/C16H16O4S/c1-12-6-8-15(9-7-12)21(18,19)20-11-16(17)14-5-3-4-13(2)10-14/h3-10H,11H2,1-2H3. The molecule has 0 N–H and O–H groups in total. The van der Waals surface area contributed by atoms with Gasteiger partial charge < -0.3 is 0 Å². The number of ketones is 1. The maximum absolute atomic E-state index is 12.0. The van der Waals surface area contributed by atoms with Gasteiger partial charge in [-0.1, -0.05) is 41.5 Å². The molecule has 5 heteroatoms. The average molecular weight is 304 g/mol. The van der Waals surface area contributed by atoms with Crippen molar-refractivity contribution in [1.29, 1.82) is 0 Å². The topological polar surface area (TPSA) is 60.4 Å². The lowest BCUT2D eigenvalue weighted by Crippen LogP contribution is -2.14. The van der Waals surface area contributed by atoms with Gasteiger partial charge in [0.15, 0.2) is 5.78 Å². The summed E-state index contributed by atoms with van der Waals surface area (Å²) in [6.45, 7) is 3.22. The molecule has 0 aromatic heterocycles. The Balaban J connectivity index is 2.08. The van der Waals surface area contributed by atoms with Crippen LogP contribution in [0.4, 0.5) is 0 Å². The van der Waals surface area contributed by atoms with E-state index in [2.05, 4.69) is 0 Å². The molecule has 0 aliphatic heterocycles. The van der Waals surface area contributed by atoms with Gasteiger partial charge in [0.2, 0.25) is 0 Å². The van der Waals surface area contributed by atoms with Gasteiger partial charge in [-0.05, 0) is 32.0 Å². The molecule has 0 unspecified atom stereocenters. The summed E-state index contributed by atoms with van der Waals surface area (Å²) >= 11 is 0. The zero-order valence-electron chi connectivity index (χ0n) is 11.9. The first-order chi connectivity index (χ1) is 9.88. The average Bonchev–Trinajstić information content (AvgIpc) is 2.45. The van der Waals surface area contributed by atoms with Crippen LogP contribution in [0.2, 0.25) is 0 Å². The van der Waals surface area contributed by atoms with Crippen LogP contribution < -0.4 is 0 Å². The van der Waals surface area contributed by atoms with E-state index in [-0.39, 0.29) is 10.7 Å². The Morgan fingerprint density at radius 2 is 1.67 bits per heavy atom. The van der Waals surface area contributed by atoms with E-state index in [0.29, 0.717) is 5.56 Å². The molecule has 2 aromatic rings. The fraction of sp³-hybridized carbons (Fsp3) is 0.188. The van der Waals surface area contributed by atoms with Gasteiger partial charge >= 0.3 is 0 Å². The van der Waals surface area contributed by atoms with Gasteiger partial charge in [0.25, 0.3) is 10.1 Å². The van der Waals surface area contributed by atoms with Crippen LogP contribution in [0.5, 0.6) is 0 Å². The van der Waals surface area contributed by atoms with Gasteiger partial charge in [0.05, 0.1) is 4.90 Å². The van der Waals surface area contributed by atoms with Crippen LogP contribution in [0.3, 0.4) is 0 Å². The molecule has 2 aromatic carbocycles. The molecule has 2 rings (SSSR count).